The molecule has 0 unspecified atom stereocenters. The van der Waals surface area contributed by atoms with Crippen LogP contribution < -0.4 is 10.6 Å². The maximum absolute atomic E-state index is 12.4. The third kappa shape index (κ3) is 6.89. The highest BCUT2D eigenvalue weighted by molar-refractivity contribution is 7.99. The highest BCUT2D eigenvalue weighted by atomic mass is 32.2. The number of hydrogen-bond donors (Lipinski definition) is 3. The molecule has 2 heterocycles. The molecule has 0 radical (unpaired) electrons. The molecule has 2 amide bonds. The maximum Gasteiger partial charge on any atom is 0.319 e. The monoisotopic (exact) mass is 559 g/mol. The van der Waals surface area contributed by atoms with Crippen molar-refractivity contribution in [3.63, 3.8) is 0 Å². The Kier molecular flexibility index (Phi) is 9.12. The predicted molar refractivity (Wildman–Crippen MR) is 153 cm³/mol. The zero-order valence-corrected chi connectivity index (χ0v) is 23.3. The van der Waals surface area contributed by atoms with Crippen molar-refractivity contribution in [3.8, 4) is 0 Å². The number of aromatic nitrogens is 3. The van der Waals surface area contributed by atoms with Crippen molar-refractivity contribution in [2.45, 2.75) is 43.7 Å². The average molecular weight is 560 g/mol. The number of aliphatic hydroxyl groups excluding tert-OH is 1. The summed E-state index contributed by atoms with van der Waals surface area (Å²) in [5.74, 6) is 0.742. The number of anilines is 1. The number of benzene rings is 3. The van der Waals surface area contributed by atoms with E-state index in [1.54, 1.807) is 18.1 Å². The van der Waals surface area contributed by atoms with E-state index < -0.39 is 6.29 Å². The zero-order valence-electron chi connectivity index (χ0n) is 22.4. The molecular formula is C30H33N5O4S. The number of nitrogens with zero attached hydrogens (tertiary/aromatic N) is 3. The molecule has 1 saturated heterocycles. The summed E-state index contributed by atoms with van der Waals surface area (Å²) in [5, 5.41) is 24.2. The number of rotatable bonds is 9. The molecule has 0 aliphatic carbocycles. The lowest BCUT2D eigenvalue weighted by Crippen LogP contribution is -2.38. The first-order valence-electron chi connectivity index (χ1n) is 13.2. The van der Waals surface area contributed by atoms with Gasteiger partial charge in [-0.2, -0.15) is 0 Å². The van der Waals surface area contributed by atoms with E-state index in [4.69, 9.17) is 9.47 Å². The molecule has 10 heteroatoms. The second kappa shape index (κ2) is 13.1. The van der Waals surface area contributed by atoms with Gasteiger partial charge >= 0.3 is 6.03 Å². The van der Waals surface area contributed by atoms with Gasteiger partial charge in [-0.05, 0) is 28.8 Å². The number of carbonyl (C=O) groups is 1. The minimum Gasteiger partial charge on any atom is -0.392 e. The number of hydrogen-bond acceptors (Lipinski definition) is 7. The lowest BCUT2D eigenvalue weighted by atomic mass is 9.91. The van der Waals surface area contributed by atoms with Gasteiger partial charge in [0.1, 0.15) is 6.33 Å². The van der Waals surface area contributed by atoms with Gasteiger partial charge in [-0.1, -0.05) is 85.4 Å². The summed E-state index contributed by atoms with van der Waals surface area (Å²) >= 11 is 1.60. The van der Waals surface area contributed by atoms with Crippen molar-refractivity contribution in [2.75, 3.05) is 11.1 Å². The van der Waals surface area contributed by atoms with Crippen LogP contribution in [0.4, 0.5) is 10.5 Å². The average Bonchev–Trinajstić information content (AvgIpc) is 3.41. The molecule has 1 aliphatic rings. The van der Waals surface area contributed by atoms with E-state index in [9.17, 15) is 9.90 Å². The Morgan fingerprint density at radius 1 is 0.975 bits per heavy atom. The molecule has 0 saturated carbocycles. The number of aryl methyl sites for hydroxylation is 1. The fourth-order valence-corrected chi connectivity index (χ4v) is 5.60. The molecule has 0 bridgehead atoms. The Labute approximate surface area is 237 Å². The van der Waals surface area contributed by atoms with Gasteiger partial charge in [-0.25, -0.2) is 4.79 Å². The molecule has 1 aliphatic heterocycles. The summed E-state index contributed by atoms with van der Waals surface area (Å²) in [4.78, 5) is 12.4. The van der Waals surface area contributed by atoms with E-state index in [0.717, 1.165) is 27.4 Å². The Bertz CT molecular complexity index is 1380. The summed E-state index contributed by atoms with van der Waals surface area (Å²) in [7, 11) is 1.92. The fourth-order valence-electron chi connectivity index (χ4n) is 4.55. The van der Waals surface area contributed by atoms with Crippen LogP contribution in [0, 0.1) is 5.92 Å². The largest absolute Gasteiger partial charge is 0.392 e. The van der Waals surface area contributed by atoms with Crippen LogP contribution in [-0.4, -0.2) is 37.8 Å². The Hall–Kier alpha value is -3.70. The van der Waals surface area contributed by atoms with Gasteiger partial charge in [0.2, 0.25) is 0 Å². The van der Waals surface area contributed by atoms with Gasteiger partial charge in [0.25, 0.3) is 0 Å². The van der Waals surface area contributed by atoms with Gasteiger partial charge in [0.15, 0.2) is 11.4 Å². The van der Waals surface area contributed by atoms with E-state index in [-0.39, 0.29) is 30.8 Å². The summed E-state index contributed by atoms with van der Waals surface area (Å²) in [6, 6.07) is 24.8. The molecule has 0 spiro atoms. The fraction of sp³-hybridized carbons (Fsp3) is 0.300. The summed E-state index contributed by atoms with van der Waals surface area (Å²) in [5.41, 5.74) is 4.43. The second-order valence-corrected chi connectivity index (χ2v) is 10.8. The van der Waals surface area contributed by atoms with E-state index in [1.807, 2.05) is 90.5 Å². The molecular weight excluding hydrogens is 526 g/mol. The van der Waals surface area contributed by atoms with E-state index in [1.165, 1.54) is 0 Å². The first-order chi connectivity index (χ1) is 19.5. The molecule has 1 fully saturated rings. The number of carbonyl (C=O) groups excluding carboxylic acids is 1. The van der Waals surface area contributed by atoms with Crippen molar-refractivity contribution in [3.05, 3.63) is 107 Å². The Morgan fingerprint density at radius 3 is 2.38 bits per heavy atom. The predicted octanol–water partition coefficient (Wildman–Crippen LogP) is 5.21. The van der Waals surface area contributed by atoms with Crippen molar-refractivity contribution in [1.82, 2.24) is 20.1 Å². The van der Waals surface area contributed by atoms with Crippen LogP contribution in [-0.2, 0) is 29.7 Å². The summed E-state index contributed by atoms with van der Waals surface area (Å²) in [6.07, 6.45) is 0.759. The number of urea groups is 1. The highest BCUT2D eigenvalue weighted by Gasteiger charge is 2.38. The van der Waals surface area contributed by atoms with Crippen LogP contribution in [0.25, 0.3) is 0 Å². The molecule has 3 aromatic carbocycles. The quantitative estimate of drug-likeness (QED) is 0.241. The second-order valence-electron chi connectivity index (χ2n) is 9.77. The number of aliphatic hydroxyl groups is 1. The van der Waals surface area contributed by atoms with Crippen molar-refractivity contribution in [2.24, 2.45) is 13.0 Å². The van der Waals surface area contributed by atoms with Gasteiger partial charge in [0.05, 0.1) is 18.8 Å². The Balaban J connectivity index is 1.28. The van der Waals surface area contributed by atoms with Gasteiger partial charge in [-0.3, -0.25) is 0 Å². The van der Waals surface area contributed by atoms with E-state index >= 15 is 0 Å². The van der Waals surface area contributed by atoms with Crippen molar-refractivity contribution in [1.29, 1.82) is 0 Å². The molecule has 5 rings (SSSR count). The maximum atomic E-state index is 12.4. The van der Waals surface area contributed by atoms with Crippen LogP contribution in [0.1, 0.15) is 41.6 Å². The van der Waals surface area contributed by atoms with Crippen molar-refractivity contribution < 1.29 is 19.4 Å². The number of nitrogens with one attached hydrogen (secondary N) is 2. The number of thioether (sulfide) groups is 1. The smallest absolute Gasteiger partial charge is 0.319 e. The topological polar surface area (TPSA) is 111 Å². The molecule has 3 N–H and O–H groups in total. The van der Waals surface area contributed by atoms with Gasteiger partial charge < -0.3 is 29.8 Å². The minimum absolute atomic E-state index is 0.00524. The molecule has 4 atom stereocenters. The summed E-state index contributed by atoms with van der Waals surface area (Å²) in [6.45, 7) is 2.57. The number of amides is 2. The molecule has 9 nitrogen and oxygen atoms in total. The summed E-state index contributed by atoms with van der Waals surface area (Å²) < 4.78 is 14.9. The van der Waals surface area contributed by atoms with Gasteiger partial charge in [-0.15, -0.1) is 10.2 Å². The molecule has 208 valence electrons. The third-order valence-corrected chi connectivity index (χ3v) is 8.03. The van der Waals surface area contributed by atoms with Crippen molar-refractivity contribution >= 4 is 23.5 Å². The SMILES string of the molecule is C[C@H]1[C@@H](CSc2nncn2C)O[C@@H](c2ccc(NC(=O)NCc3ccccc3)cc2)O[C@H]1c1ccc(CO)cc1. The zero-order chi connectivity index (χ0) is 27.9. The number of ether oxygens (including phenoxy) is 2. The highest BCUT2D eigenvalue weighted by Crippen LogP contribution is 2.43. The lowest BCUT2D eigenvalue weighted by Gasteiger charge is -2.41. The molecule has 40 heavy (non-hydrogen) atoms. The van der Waals surface area contributed by atoms with E-state index in [2.05, 4.69) is 27.8 Å². The first kappa shape index (κ1) is 27.9. The van der Waals surface area contributed by atoms with Crippen LogP contribution in [0.5, 0.6) is 0 Å². The van der Waals surface area contributed by atoms with Crippen LogP contribution in [0.2, 0.25) is 0 Å². The normalized spacial score (nSPS) is 20.7. The van der Waals surface area contributed by atoms with Crippen LogP contribution >= 0.6 is 11.8 Å². The molecule has 1 aromatic heterocycles. The van der Waals surface area contributed by atoms with Gasteiger partial charge in [0, 0.05) is 36.5 Å². The third-order valence-electron chi connectivity index (χ3n) is 6.91. The van der Waals surface area contributed by atoms with Crippen LogP contribution in [0.3, 0.4) is 0 Å². The van der Waals surface area contributed by atoms with Crippen LogP contribution in [0.15, 0.2) is 90.3 Å². The lowest BCUT2D eigenvalue weighted by molar-refractivity contribution is -0.268. The first-order valence-corrected chi connectivity index (χ1v) is 14.1. The minimum atomic E-state index is -0.593. The van der Waals surface area contributed by atoms with E-state index in [0.29, 0.717) is 18.0 Å². The standard InChI is InChI=1S/C30H33N5O4S/c1-20-26(18-40-30-34-32-19-35(30)2)38-28(39-27(20)23-10-8-22(17-36)9-11-23)24-12-14-25(15-13-24)33-29(37)31-16-21-6-4-3-5-7-21/h3-15,19-20,26-28,36H,16-18H2,1-2H3,(H2,31,33,37)/t20-,26+,27+,28+/m0/s1. The Morgan fingerprint density at radius 2 is 1.70 bits per heavy atom. The molecule has 4 aromatic rings.